The molecule has 0 aliphatic rings. The highest BCUT2D eigenvalue weighted by Gasteiger charge is 2.45. The Kier molecular flexibility index (Phi) is 5.52. The van der Waals surface area contributed by atoms with Crippen LogP contribution in [0.1, 0.15) is 54.9 Å². The maximum absolute atomic E-state index is 2.43. The summed E-state index contributed by atoms with van der Waals surface area (Å²) in [6.07, 6.45) is 2.85. The Morgan fingerprint density at radius 2 is 1.08 bits per heavy atom. The van der Waals surface area contributed by atoms with E-state index >= 15 is 0 Å². The molecule has 1 heteroatoms. The summed E-state index contributed by atoms with van der Waals surface area (Å²) in [4.78, 5) is 0. The molecule has 0 fully saturated rings. The van der Waals surface area contributed by atoms with E-state index in [-0.39, 0.29) is 0 Å². The minimum absolute atomic E-state index is 0.712. The fourth-order valence-electron chi connectivity index (χ4n) is 2.95. The Morgan fingerprint density at radius 1 is 0.769 bits per heavy atom. The molecule has 0 rings (SSSR count). The van der Waals surface area contributed by atoms with Gasteiger partial charge in [-0.1, -0.05) is 6.92 Å². The largest absolute Gasteiger partial charge is 0.0646 e. The van der Waals surface area contributed by atoms with Crippen molar-refractivity contribution in [1.29, 1.82) is 0 Å². The molecule has 13 heavy (non-hydrogen) atoms. The molecule has 0 aromatic heterocycles. The van der Waals surface area contributed by atoms with Crippen LogP contribution in [0.4, 0.5) is 0 Å². The van der Waals surface area contributed by atoms with Crippen molar-refractivity contribution in [2.45, 2.75) is 71.9 Å². The van der Waals surface area contributed by atoms with E-state index in [1.54, 1.807) is 0 Å². The van der Waals surface area contributed by atoms with Crippen molar-refractivity contribution in [1.82, 2.24) is 0 Å². The molecule has 0 atom stereocenters. The standard InChI is InChI=1S/C12H28P/c1-8-9-13(10(2)3,11(4)5)12(6)7/h10-12H,8-9H2,1-7H3/q+1. The second-order valence-electron chi connectivity index (χ2n) is 5.00. The molecule has 0 unspecified atom stereocenters. The van der Waals surface area contributed by atoms with E-state index < -0.39 is 7.26 Å². The fraction of sp³-hybridized carbons (Fsp3) is 1.00. The summed E-state index contributed by atoms with van der Waals surface area (Å²) in [7, 11) is -0.712. The third-order valence-electron chi connectivity index (χ3n) is 3.50. The zero-order valence-corrected chi connectivity index (χ0v) is 11.5. The third-order valence-corrected chi connectivity index (χ3v) is 10.5. The molecule has 0 bridgehead atoms. The van der Waals surface area contributed by atoms with Gasteiger partial charge in [-0.05, 0) is 48.0 Å². The molecule has 0 amide bonds. The Bertz CT molecular complexity index is 114. The summed E-state index contributed by atoms with van der Waals surface area (Å²) in [6.45, 7) is 16.9. The van der Waals surface area contributed by atoms with Gasteiger partial charge in [-0.15, -0.1) is 0 Å². The van der Waals surface area contributed by atoms with Gasteiger partial charge in [0.15, 0.2) is 0 Å². The van der Waals surface area contributed by atoms with Crippen molar-refractivity contribution >= 4 is 7.26 Å². The van der Waals surface area contributed by atoms with Crippen LogP contribution in [0, 0.1) is 0 Å². The minimum Gasteiger partial charge on any atom is -0.0619 e. The van der Waals surface area contributed by atoms with Gasteiger partial charge in [0, 0.05) is 7.26 Å². The van der Waals surface area contributed by atoms with Gasteiger partial charge in [0.2, 0.25) is 0 Å². The fourth-order valence-corrected chi connectivity index (χ4v) is 8.85. The Hall–Kier alpha value is 0.430. The molecule has 80 valence electrons. The van der Waals surface area contributed by atoms with Crippen LogP contribution in [0.25, 0.3) is 0 Å². The van der Waals surface area contributed by atoms with E-state index in [1.807, 2.05) is 0 Å². The highest BCUT2D eigenvalue weighted by Crippen LogP contribution is 2.70. The van der Waals surface area contributed by atoms with Gasteiger partial charge in [-0.2, -0.15) is 0 Å². The summed E-state index contributed by atoms with van der Waals surface area (Å²) in [6, 6.07) is 0. The summed E-state index contributed by atoms with van der Waals surface area (Å²) >= 11 is 0. The average Bonchev–Trinajstić information content (AvgIpc) is 1.97. The van der Waals surface area contributed by atoms with Gasteiger partial charge in [-0.25, -0.2) is 0 Å². The van der Waals surface area contributed by atoms with Crippen LogP contribution in [0.3, 0.4) is 0 Å². The number of hydrogen-bond donors (Lipinski definition) is 0. The quantitative estimate of drug-likeness (QED) is 0.571. The van der Waals surface area contributed by atoms with Crippen LogP contribution >= 0.6 is 7.26 Å². The molecular formula is C12H28P+. The van der Waals surface area contributed by atoms with Gasteiger partial charge in [0.25, 0.3) is 0 Å². The summed E-state index contributed by atoms with van der Waals surface area (Å²) in [5.74, 6) is 0. The van der Waals surface area contributed by atoms with Crippen molar-refractivity contribution in [3.63, 3.8) is 0 Å². The van der Waals surface area contributed by atoms with Crippen LogP contribution in [0.15, 0.2) is 0 Å². The average molecular weight is 203 g/mol. The van der Waals surface area contributed by atoms with E-state index in [0.29, 0.717) is 0 Å². The normalized spacial score (nSPS) is 13.4. The van der Waals surface area contributed by atoms with Crippen LogP contribution in [-0.4, -0.2) is 23.1 Å². The maximum atomic E-state index is 2.43. The first-order valence-electron chi connectivity index (χ1n) is 5.76. The Morgan fingerprint density at radius 3 is 1.15 bits per heavy atom. The predicted molar refractivity (Wildman–Crippen MR) is 67.5 cm³/mol. The second kappa shape index (κ2) is 5.35. The minimum atomic E-state index is -0.712. The maximum Gasteiger partial charge on any atom is 0.0646 e. The van der Waals surface area contributed by atoms with Crippen molar-refractivity contribution in [3.8, 4) is 0 Å². The lowest BCUT2D eigenvalue weighted by atomic mass is 10.5. The van der Waals surface area contributed by atoms with Crippen molar-refractivity contribution < 1.29 is 0 Å². The number of hydrogen-bond acceptors (Lipinski definition) is 0. The molecule has 0 aromatic carbocycles. The van der Waals surface area contributed by atoms with Gasteiger partial charge in [0.05, 0.1) is 23.1 Å². The van der Waals surface area contributed by atoms with E-state index in [2.05, 4.69) is 48.5 Å². The summed E-state index contributed by atoms with van der Waals surface area (Å²) in [5, 5.41) is 0. The zero-order chi connectivity index (χ0) is 10.6. The molecular weight excluding hydrogens is 175 g/mol. The smallest absolute Gasteiger partial charge is 0.0619 e. The van der Waals surface area contributed by atoms with E-state index in [1.165, 1.54) is 12.6 Å². The lowest BCUT2D eigenvalue weighted by molar-refractivity contribution is 0.884. The first kappa shape index (κ1) is 13.4. The molecule has 0 heterocycles. The van der Waals surface area contributed by atoms with Crippen LogP contribution < -0.4 is 0 Å². The van der Waals surface area contributed by atoms with Gasteiger partial charge < -0.3 is 0 Å². The Balaban J connectivity index is 4.82. The third kappa shape index (κ3) is 2.69. The molecule has 0 nitrogen and oxygen atoms in total. The summed E-state index contributed by atoms with van der Waals surface area (Å²) in [5.41, 5.74) is 2.73. The molecule has 0 saturated heterocycles. The van der Waals surface area contributed by atoms with E-state index in [9.17, 15) is 0 Å². The van der Waals surface area contributed by atoms with Gasteiger partial charge >= 0.3 is 0 Å². The second-order valence-corrected chi connectivity index (χ2v) is 10.5. The molecule has 0 N–H and O–H groups in total. The monoisotopic (exact) mass is 203 g/mol. The van der Waals surface area contributed by atoms with E-state index in [4.69, 9.17) is 0 Å². The van der Waals surface area contributed by atoms with E-state index in [0.717, 1.165) is 17.0 Å². The highest BCUT2D eigenvalue weighted by molar-refractivity contribution is 7.77. The molecule has 0 aliphatic carbocycles. The summed E-state index contributed by atoms with van der Waals surface area (Å²) < 4.78 is 0. The lowest BCUT2D eigenvalue weighted by Crippen LogP contribution is -2.25. The van der Waals surface area contributed by atoms with Crippen molar-refractivity contribution in [2.24, 2.45) is 0 Å². The van der Waals surface area contributed by atoms with Gasteiger partial charge in [-0.3, -0.25) is 0 Å². The molecule has 0 spiro atoms. The molecule has 0 aliphatic heterocycles. The number of rotatable bonds is 5. The topological polar surface area (TPSA) is 0 Å². The van der Waals surface area contributed by atoms with Gasteiger partial charge in [0.1, 0.15) is 0 Å². The lowest BCUT2D eigenvalue weighted by Gasteiger charge is -2.38. The van der Waals surface area contributed by atoms with Crippen LogP contribution in [0.5, 0.6) is 0 Å². The SMILES string of the molecule is CCC[P+](C(C)C)(C(C)C)C(C)C. The first-order valence-corrected chi connectivity index (χ1v) is 7.94. The van der Waals surface area contributed by atoms with Crippen LogP contribution in [-0.2, 0) is 0 Å². The Labute approximate surface area is 85.8 Å². The first-order chi connectivity index (χ1) is 5.89. The zero-order valence-electron chi connectivity index (χ0n) is 10.6. The predicted octanol–water partition coefficient (Wildman–Crippen LogP) is 4.64. The van der Waals surface area contributed by atoms with Crippen LogP contribution in [0.2, 0.25) is 0 Å². The van der Waals surface area contributed by atoms with Crippen molar-refractivity contribution in [3.05, 3.63) is 0 Å². The highest BCUT2D eigenvalue weighted by atomic mass is 31.2. The molecule has 0 radical (unpaired) electrons. The molecule has 0 saturated carbocycles. The van der Waals surface area contributed by atoms with Crippen molar-refractivity contribution in [2.75, 3.05) is 6.16 Å². The molecule has 0 aromatic rings.